The van der Waals surface area contributed by atoms with Gasteiger partial charge < -0.3 is 4.18 Å². The van der Waals surface area contributed by atoms with Crippen molar-refractivity contribution in [1.29, 1.82) is 0 Å². The van der Waals surface area contributed by atoms with E-state index in [1.54, 1.807) is 0 Å². The monoisotopic (exact) mass is 274 g/mol. The molecule has 17 heavy (non-hydrogen) atoms. The molecule has 0 N–H and O–H groups in total. The highest BCUT2D eigenvalue weighted by Gasteiger charge is 2.07. The molecule has 0 spiro atoms. The molecule has 0 atom stereocenters. The van der Waals surface area contributed by atoms with Crippen molar-refractivity contribution < 1.29 is 13.9 Å². The summed E-state index contributed by atoms with van der Waals surface area (Å²) in [5.41, 5.74) is -0.0673. The third-order valence-corrected chi connectivity index (χ3v) is 3.29. The largest absolute Gasteiger partial charge is 0.379 e. The van der Waals surface area contributed by atoms with Crippen LogP contribution in [0.4, 0.5) is 5.69 Å². The van der Waals surface area contributed by atoms with Crippen molar-refractivity contribution in [3.05, 3.63) is 28.4 Å². The fourth-order valence-corrected chi connectivity index (χ4v) is 2.18. The second-order valence-corrected chi connectivity index (χ2v) is 4.76. The number of nitrogens with zero attached hydrogens (tertiary/aromatic N) is 2. The van der Waals surface area contributed by atoms with Gasteiger partial charge in [-0.1, -0.05) is 6.92 Å². The predicted octanol–water partition coefficient (Wildman–Crippen LogP) is 2.99. The van der Waals surface area contributed by atoms with Gasteiger partial charge in [0.1, 0.15) is 22.3 Å². The smallest absolute Gasteiger partial charge is 0.318 e. The third kappa shape index (κ3) is 5.05. The fraction of sp³-hybridized carbons (Fsp3) is 0.333. The summed E-state index contributed by atoms with van der Waals surface area (Å²) in [6.07, 6.45) is 2.28. The van der Waals surface area contributed by atoms with Crippen LogP contribution < -0.4 is 0 Å². The van der Waals surface area contributed by atoms with Crippen molar-refractivity contribution >= 4 is 33.5 Å². The molecule has 1 rings (SSSR count). The van der Waals surface area contributed by atoms with Gasteiger partial charge >= 0.3 is 5.97 Å². The van der Waals surface area contributed by atoms with E-state index in [1.807, 2.05) is 6.92 Å². The van der Waals surface area contributed by atoms with E-state index in [4.69, 9.17) is 4.18 Å². The van der Waals surface area contributed by atoms with Crippen molar-refractivity contribution in [3.63, 3.8) is 0 Å². The summed E-state index contributed by atoms with van der Waals surface area (Å²) in [4.78, 5) is 24.7. The number of carbonyl (C=O) groups excluding carboxylic acids is 1. The van der Waals surface area contributed by atoms with E-state index in [0.717, 1.165) is 34.5 Å². The first-order valence-electron chi connectivity index (χ1n) is 4.78. The number of hydrogen-bond donors (Lipinski definition) is 0. The summed E-state index contributed by atoms with van der Waals surface area (Å²) in [6.45, 7) is 1.89. The molecule has 0 unspecified atom stereocenters. The van der Waals surface area contributed by atoms with Gasteiger partial charge in [0.15, 0.2) is 0 Å². The summed E-state index contributed by atoms with van der Waals surface area (Å²) in [5.74, 6) is -0.285. The van der Waals surface area contributed by atoms with Gasteiger partial charge in [-0.15, -0.1) is 0 Å². The Kier molecular flexibility index (Phi) is 5.78. The van der Waals surface area contributed by atoms with Crippen molar-refractivity contribution in [3.8, 4) is 0 Å². The molecule has 0 amide bonds. The Hall–Kier alpha value is -1.28. The van der Waals surface area contributed by atoms with Crippen LogP contribution in [0.1, 0.15) is 19.8 Å². The lowest BCUT2D eigenvalue weighted by molar-refractivity contribution is -0.385. The van der Waals surface area contributed by atoms with E-state index in [-0.39, 0.29) is 11.7 Å². The minimum absolute atomic E-state index is 0.0673. The van der Waals surface area contributed by atoms with Crippen LogP contribution in [-0.4, -0.2) is 15.9 Å². The zero-order valence-corrected chi connectivity index (χ0v) is 10.6. The highest BCUT2D eigenvalue weighted by atomic mass is 33.1. The van der Waals surface area contributed by atoms with E-state index in [9.17, 15) is 14.9 Å². The maximum atomic E-state index is 11.0. The maximum Gasteiger partial charge on any atom is 0.318 e. The summed E-state index contributed by atoms with van der Waals surface area (Å²) >= 11 is 0.903. The second kappa shape index (κ2) is 7.13. The van der Waals surface area contributed by atoms with Crippen LogP contribution in [0.2, 0.25) is 0 Å². The highest BCUT2D eigenvalue weighted by Crippen LogP contribution is 2.31. The van der Waals surface area contributed by atoms with Gasteiger partial charge in [0, 0.05) is 23.3 Å². The zero-order chi connectivity index (χ0) is 12.7. The molecule has 0 radical (unpaired) electrons. The molecule has 0 aliphatic heterocycles. The summed E-state index contributed by atoms with van der Waals surface area (Å²) in [7, 11) is 1.13. The molecule has 8 heteroatoms. The Balaban J connectivity index is 2.37. The van der Waals surface area contributed by atoms with Crippen LogP contribution in [0.15, 0.2) is 23.4 Å². The Labute approximate surface area is 106 Å². The molecule has 0 aliphatic rings. The van der Waals surface area contributed by atoms with Crippen LogP contribution in [0.25, 0.3) is 0 Å². The molecule has 1 aromatic heterocycles. The van der Waals surface area contributed by atoms with E-state index in [0.29, 0.717) is 11.4 Å². The SMILES string of the molecule is CCCC(=O)OSSc1ccc([N+](=O)[O-])cn1. The van der Waals surface area contributed by atoms with Gasteiger partial charge in [-0.05, 0) is 12.5 Å². The van der Waals surface area contributed by atoms with Crippen LogP contribution >= 0.6 is 21.9 Å². The quantitative estimate of drug-likeness (QED) is 0.341. The minimum atomic E-state index is -0.518. The van der Waals surface area contributed by atoms with E-state index >= 15 is 0 Å². The van der Waals surface area contributed by atoms with Crippen molar-refractivity contribution in [2.45, 2.75) is 24.8 Å². The molecule has 0 saturated carbocycles. The Bertz CT molecular complexity index is 396. The molecule has 6 nitrogen and oxygen atoms in total. The number of rotatable bonds is 6. The number of pyridine rings is 1. The van der Waals surface area contributed by atoms with Crippen LogP contribution in [0.5, 0.6) is 0 Å². The van der Waals surface area contributed by atoms with Crippen LogP contribution in [0.3, 0.4) is 0 Å². The summed E-state index contributed by atoms with van der Waals surface area (Å²) < 4.78 is 4.83. The number of aromatic nitrogens is 1. The summed E-state index contributed by atoms with van der Waals surface area (Å²) in [5, 5.41) is 10.9. The van der Waals surface area contributed by atoms with Crippen LogP contribution in [-0.2, 0) is 8.98 Å². The van der Waals surface area contributed by atoms with Crippen molar-refractivity contribution in [2.75, 3.05) is 0 Å². The first kappa shape index (κ1) is 13.8. The van der Waals surface area contributed by atoms with Crippen molar-refractivity contribution in [1.82, 2.24) is 4.98 Å². The molecule has 1 heterocycles. The van der Waals surface area contributed by atoms with Crippen molar-refractivity contribution in [2.24, 2.45) is 0 Å². The highest BCUT2D eigenvalue weighted by molar-refractivity contribution is 8.75. The third-order valence-electron chi connectivity index (χ3n) is 1.63. The Morgan fingerprint density at radius 3 is 2.88 bits per heavy atom. The average molecular weight is 274 g/mol. The average Bonchev–Trinajstić information content (AvgIpc) is 2.30. The molecule has 0 aromatic carbocycles. The first-order chi connectivity index (χ1) is 8.13. The number of hydrogen-bond acceptors (Lipinski definition) is 7. The molecule has 92 valence electrons. The molecule has 0 fully saturated rings. The Morgan fingerprint density at radius 1 is 1.59 bits per heavy atom. The van der Waals surface area contributed by atoms with E-state index in [2.05, 4.69) is 4.98 Å². The maximum absolute atomic E-state index is 11.0. The molecule has 0 saturated heterocycles. The molecule has 1 aromatic rings. The molecule has 0 aliphatic carbocycles. The van der Waals surface area contributed by atoms with Gasteiger partial charge in [0.2, 0.25) is 0 Å². The lowest BCUT2D eigenvalue weighted by Crippen LogP contribution is -1.95. The number of nitro groups is 1. The normalized spacial score (nSPS) is 9.94. The van der Waals surface area contributed by atoms with Gasteiger partial charge in [-0.2, -0.15) is 0 Å². The lowest BCUT2D eigenvalue weighted by atomic mass is 10.4. The molecular formula is C9H10N2O4S2. The molecule has 0 bridgehead atoms. The van der Waals surface area contributed by atoms with Gasteiger partial charge in [-0.3, -0.25) is 14.9 Å². The Morgan fingerprint density at radius 2 is 2.35 bits per heavy atom. The molecular weight excluding hydrogens is 264 g/mol. The lowest BCUT2D eigenvalue weighted by Gasteiger charge is -2.00. The second-order valence-electron chi connectivity index (χ2n) is 2.97. The van der Waals surface area contributed by atoms with E-state index < -0.39 is 4.92 Å². The van der Waals surface area contributed by atoms with Crippen LogP contribution in [0, 0.1) is 10.1 Å². The van der Waals surface area contributed by atoms with Gasteiger partial charge in [0.25, 0.3) is 5.69 Å². The zero-order valence-electron chi connectivity index (χ0n) is 8.99. The standard InChI is InChI=1S/C9H10N2O4S2/c1-2-3-9(12)15-17-16-8-5-4-7(6-10-8)11(13)14/h4-6H,2-3H2,1H3. The topological polar surface area (TPSA) is 82.3 Å². The van der Waals surface area contributed by atoms with E-state index in [1.165, 1.54) is 12.1 Å². The summed E-state index contributed by atoms with van der Waals surface area (Å²) in [6, 6.07) is 2.85. The number of carbonyl (C=O) groups is 1. The van der Waals surface area contributed by atoms with Gasteiger partial charge in [-0.25, -0.2) is 4.98 Å². The fourth-order valence-electron chi connectivity index (χ4n) is 0.865. The van der Waals surface area contributed by atoms with Gasteiger partial charge in [0.05, 0.1) is 4.92 Å². The first-order valence-corrected chi connectivity index (χ1v) is 6.85. The minimum Gasteiger partial charge on any atom is -0.379 e. The predicted molar refractivity (Wildman–Crippen MR) is 65.3 cm³/mol.